The molecule has 2 heterocycles. The number of carbonyl (C=O) groups is 2. The van der Waals surface area contributed by atoms with Gasteiger partial charge in [-0.15, -0.1) is 16.4 Å². The number of aromatic nitrogens is 4. The Morgan fingerprint density at radius 3 is 2.81 bits per heavy atom. The van der Waals surface area contributed by atoms with E-state index in [0.29, 0.717) is 10.6 Å². The molecule has 2 rings (SSSR count). The largest absolute Gasteiger partial charge is 0.462 e. The number of ether oxygens (including phenoxy) is 1. The Morgan fingerprint density at radius 2 is 2.19 bits per heavy atom. The average molecular weight is 309 g/mol. The van der Waals surface area contributed by atoms with Crippen molar-refractivity contribution in [2.75, 3.05) is 11.9 Å². The molecule has 0 spiro atoms. The van der Waals surface area contributed by atoms with Crippen molar-refractivity contribution in [1.29, 1.82) is 0 Å². The van der Waals surface area contributed by atoms with Gasteiger partial charge in [-0.05, 0) is 36.8 Å². The minimum Gasteiger partial charge on any atom is -0.462 e. The maximum absolute atomic E-state index is 12.0. The van der Waals surface area contributed by atoms with E-state index in [1.807, 2.05) is 13.8 Å². The van der Waals surface area contributed by atoms with Gasteiger partial charge in [0, 0.05) is 4.88 Å². The van der Waals surface area contributed by atoms with Crippen LogP contribution in [0.25, 0.3) is 0 Å². The molecule has 112 valence electrons. The van der Waals surface area contributed by atoms with Gasteiger partial charge in [0.05, 0.1) is 12.2 Å². The molecule has 0 aromatic carbocycles. The second-order valence-corrected chi connectivity index (χ2v) is 5.49. The number of carbonyl (C=O) groups excluding carboxylic acids is 2. The molecule has 0 atom stereocenters. The number of amides is 1. The lowest BCUT2D eigenvalue weighted by Gasteiger charge is -2.06. The van der Waals surface area contributed by atoms with Crippen LogP contribution < -0.4 is 5.32 Å². The van der Waals surface area contributed by atoms with Crippen molar-refractivity contribution >= 4 is 28.2 Å². The molecule has 0 bridgehead atoms. The number of hydrogen-bond acceptors (Lipinski definition) is 7. The van der Waals surface area contributed by atoms with E-state index in [1.165, 1.54) is 22.3 Å². The summed E-state index contributed by atoms with van der Waals surface area (Å²) in [4.78, 5) is 24.9. The topological polar surface area (TPSA) is 99.0 Å². The highest BCUT2D eigenvalue weighted by Gasteiger charge is 2.22. The second-order valence-electron chi connectivity index (χ2n) is 4.26. The zero-order valence-electron chi connectivity index (χ0n) is 11.9. The van der Waals surface area contributed by atoms with Gasteiger partial charge in [-0.3, -0.25) is 4.79 Å². The van der Waals surface area contributed by atoms with E-state index in [2.05, 4.69) is 20.8 Å². The van der Waals surface area contributed by atoms with E-state index < -0.39 is 5.97 Å². The summed E-state index contributed by atoms with van der Waals surface area (Å²) >= 11 is 1.34. The Labute approximate surface area is 125 Å². The standard InChI is InChI=1S/C12H15N5O3S/c1-4-20-12(19)10-7(2)8(3)21-11(10)14-9(18)5-17-6-13-15-16-17/h6H,4-5H2,1-3H3,(H,14,18). The van der Waals surface area contributed by atoms with Gasteiger partial charge >= 0.3 is 5.97 Å². The van der Waals surface area contributed by atoms with Crippen molar-refractivity contribution in [3.8, 4) is 0 Å². The van der Waals surface area contributed by atoms with Gasteiger partial charge in [0.2, 0.25) is 5.91 Å². The fourth-order valence-corrected chi connectivity index (χ4v) is 2.79. The van der Waals surface area contributed by atoms with Gasteiger partial charge in [0.25, 0.3) is 0 Å². The second kappa shape index (κ2) is 6.44. The molecular formula is C12H15N5O3S. The number of esters is 1. The molecule has 8 nitrogen and oxygen atoms in total. The molecule has 0 fully saturated rings. The highest BCUT2D eigenvalue weighted by Crippen LogP contribution is 2.33. The highest BCUT2D eigenvalue weighted by molar-refractivity contribution is 7.16. The zero-order valence-corrected chi connectivity index (χ0v) is 12.7. The van der Waals surface area contributed by atoms with E-state index in [1.54, 1.807) is 6.92 Å². The SMILES string of the molecule is CCOC(=O)c1c(NC(=O)Cn2cnnn2)sc(C)c1C. The molecule has 0 saturated carbocycles. The predicted molar refractivity (Wildman–Crippen MR) is 76.2 cm³/mol. The van der Waals surface area contributed by atoms with Gasteiger partial charge in [0.1, 0.15) is 17.9 Å². The lowest BCUT2D eigenvalue weighted by molar-refractivity contribution is -0.116. The molecule has 1 N–H and O–H groups in total. The molecule has 0 aliphatic carbocycles. The summed E-state index contributed by atoms with van der Waals surface area (Å²) in [6.07, 6.45) is 1.34. The van der Waals surface area contributed by atoms with Crippen molar-refractivity contribution in [2.24, 2.45) is 0 Å². The van der Waals surface area contributed by atoms with Gasteiger partial charge < -0.3 is 10.1 Å². The van der Waals surface area contributed by atoms with E-state index >= 15 is 0 Å². The first-order chi connectivity index (χ1) is 10.0. The third-order valence-corrected chi connectivity index (χ3v) is 3.94. The number of aryl methyl sites for hydroxylation is 1. The lowest BCUT2D eigenvalue weighted by atomic mass is 10.1. The summed E-state index contributed by atoms with van der Waals surface area (Å²) < 4.78 is 6.33. The van der Waals surface area contributed by atoms with Crippen LogP contribution >= 0.6 is 11.3 Å². The van der Waals surface area contributed by atoms with Crippen LogP contribution in [-0.4, -0.2) is 38.7 Å². The maximum atomic E-state index is 12.0. The summed E-state index contributed by atoms with van der Waals surface area (Å²) in [5.74, 6) is -0.744. The molecule has 0 saturated heterocycles. The highest BCUT2D eigenvalue weighted by atomic mass is 32.1. The summed E-state index contributed by atoms with van der Waals surface area (Å²) in [7, 11) is 0. The molecule has 0 radical (unpaired) electrons. The molecule has 0 aliphatic heterocycles. The lowest BCUT2D eigenvalue weighted by Crippen LogP contribution is -2.20. The molecule has 21 heavy (non-hydrogen) atoms. The van der Waals surface area contributed by atoms with Crippen molar-refractivity contribution < 1.29 is 14.3 Å². The van der Waals surface area contributed by atoms with Crippen LogP contribution in [0.1, 0.15) is 27.7 Å². The Kier molecular flexibility index (Phi) is 4.63. The molecule has 9 heteroatoms. The van der Waals surface area contributed by atoms with Crippen molar-refractivity contribution in [3.05, 3.63) is 22.3 Å². The smallest absolute Gasteiger partial charge is 0.341 e. The Morgan fingerprint density at radius 1 is 1.43 bits per heavy atom. The van der Waals surface area contributed by atoms with Crippen molar-refractivity contribution in [3.63, 3.8) is 0 Å². The van der Waals surface area contributed by atoms with Gasteiger partial charge in [-0.1, -0.05) is 0 Å². The summed E-state index contributed by atoms with van der Waals surface area (Å²) in [5, 5.41) is 13.7. The van der Waals surface area contributed by atoms with Crippen molar-refractivity contribution in [1.82, 2.24) is 20.2 Å². The van der Waals surface area contributed by atoms with Gasteiger partial charge in [0.15, 0.2) is 0 Å². The van der Waals surface area contributed by atoms with Crippen LogP contribution in [0.2, 0.25) is 0 Å². The molecule has 0 aliphatic rings. The van der Waals surface area contributed by atoms with E-state index in [0.717, 1.165) is 10.4 Å². The first-order valence-electron chi connectivity index (χ1n) is 6.30. The number of anilines is 1. The number of nitrogens with one attached hydrogen (secondary N) is 1. The van der Waals surface area contributed by atoms with Crippen LogP contribution in [0.4, 0.5) is 5.00 Å². The third-order valence-electron chi connectivity index (χ3n) is 2.81. The zero-order chi connectivity index (χ0) is 15.4. The van der Waals surface area contributed by atoms with Crippen LogP contribution in [0.5, 0.6) is 0 Å². The quantitative estimate of drug-likeness (QED) is 0.832. The Bertz CT molecular complexity index is 650. The summed E-state index contributed by atoms with van der Waals surface area (Å²) in [6, 6.07) is 0. The van der Waals surface area contributed by atoms with Crippen LogP contribution in [0, 0.1) is 13.8 Å². The third kappa shape index (κ3) is 3.43. The fraction of sp³-hybridized carbons (Fsp3) is 0.417. The Balaban J connectivity index is 2.17. The molecule has 2 aromatic heterocycles. The van der Waals surface area contributed by atoms with Gasteiger partial charge in [-0.2, -0.15) is 0 Å². The first kappa shape index (κ1) is 15.1. The molecule has 1 amide bonds. The monoisotopic (exact) mass is 309 g/mol. The fourth-order valence-electron chi connectivity index (χ4n) is 1.73. The first-order valence-corrected chi connectivity index (χ1v) is 7.12. The maximum Gasteiger partial charge on any atom is 0.341 e. The number of thiophene rings is 1. The summed E-state index contributed by atoms with van der Waals surface area (Å²) in [5.41, 5.74) is 1.22. The minimum atomic E-state index is -0.433. The molecule has 0 unspecified atom stereocenters. The van der Waals surface area contributed by atoms with E-state index in [-0.39, 0.29) is 19.1 Å². The van der Waals surface area contributed by atoms with Crippen LogP contribution in [-0.2, 0) is 16.1 Å². The molecule has 2 aromatic rings. The Hall–Kier alpha value is -2.29. The average Bonchev–Trinajstić information content (AvgIpc) is 2.99. The van der Waals surface area contributed by atoms with Crippen molar-refractivity contribution in [2.45, 2.75) is 27.3 Å². The normalized spacial score (nSPS) is 10.4. The number of hydrogen-bond donors (Lipinski definition) is 1. The van der Waals surface area contributed by atoms with Crippen LogP contribution in [0.3, 0.4) is 0 Å². The molecular weight excluding hydrogens is 294 g/mol. The number of rotatable bonds is 5. The van der Waals surface area contributed by atoms with E-state index in [4.69, 9.17) is 4.74 Å². The summed E-state index contributed by atoms with van der Waals surface area (Å²) in [6.45, 7) is 5.72. The van der Waals surface area contributed by atoms with Crippen LogP contribution in [0.15, 0.2) is 6.33 Å². The predicted octanol–water partition coefficient (Wildman–Crippen LogP) is 1.17. The van der Waals surface area contributed by atoms with Gasteiger partial charge in [-0.25, -0.2) is 9.48 Å². The minimum absolute atomic E-state index is 0.0226. The van der Waals surface area contributed by atoms with E-state index in [9.17, 15) is 9.59 Å². The number of nitrogens with zero attached hydrogens (tertiary/aromatic N) is 4. The number of tetrazole rings is 1.